The molecule has 0 aromatic carbocycles. The minimum absolute atomic E-state index is 0. The second kappa shape index (κ2) is 4.71. The third kappa shape index (κ3) is 2.38. The van der Waals surface area contributed by atoms with Gasteiger partial charge < -0.3 is 10.4 Å². The molecule has 0 aromatic heterocycles. The van der Waals surface area contributed by atoms with E-state index < -0.39 is 6.10 Å². The van der Waals surface area contributed by atoms with Crippen molar-refractivity contribution in [2.45, 2.75) is 25.9 Å². The molecule has 1 heterocycles. The van der Waals surface area contributed by atoms with Gasteiger partial charge in [-0.05, 0) is 25.9 Å². The van der Waals surface area contributed by atoms with E-state index in [4.69, 9.17) is 6.42 Å². The highest BCUT2D eigenvalue weighted by molar-refractivity contribution is 5.85. The first-order valence-corrected chi connectivity index (χ1v) is 4.04. The van der Waals surface area contributed by atoms with Gasteiger partial charge in [0.05, 0.1) is 0 Å². The average Bonchev–Trinajstić information content (AvgIpc) is 2.04. The topological polar surface area (TPSA) is 32.3 Å². The molecule has 1 atom stereocenters. The molecule has 1 rings (SSSR count). The van der Waals surface area contributed by atoms with Gasteiger partial charge in [0.25, 0.3) is 0 Å². The second-order valence-corrected chi connectivity index (χ2v) is 3.47. The largest absolute Gasteiger partial charge is 0.380 e. The predicted molar refractivity (Wildman–Crippen MR) is 52.3 cm³/mol. The van der Waals surface area contributed by atoms with Crippen molar-refractivity contribution in [1.29, 1.82) is 0 Å². The van der Waals surface area contributed by atoms with Crippen molar-refractivity contribution in [1.82, 2.24) is 5.32 Å². The Balaban J connectivity index is 0.00000121. The molecule has 1 aliphatic rings. The first kappa shape index (κ1) is 11.8. The molecule has 0 aromatic rings. The van der Waals surface area contributed by atoms with Gasteiger partial charge in [0.15, 0.2) is 0 Å². The number of hydrogen-bond acceptors (Lipinski definition) is 2. The summed E-state index contributed by atoms with van der Waals surface area (Å²) in [7, 11) is 0. The molecule has 0 amide bonds. The van der Waals surface area contributed by atoms with Crippen LogP contribution in [0.15, 0.2) is 0 Å². The number of terminal acetylenes is 1. The Bertz CT molecular complexity index is 170. The quantitative estimate of drug-likeness (QED) is 0.598. The van der Waals surface area contributed by atoms with Gasteiger partial charge in [-0.15, -0.1) is 18.8 Å². The van der Waals surface area contributed by atoms with Crippen molar-refractivity contribution < 1.29 is 5.11 Å². The fourth-order valence-corrected chi connectivity index (χ4v) is 1.47. The maximum absolute atomic E-state index is 9.48. The summed E-state index contributed by atoms with van der Waals surface area (Å²) in [4.78, 5) is 0. The van der Waals surface area contributed by atoms with Gasteiger partial charge in [0.2, 0.25) is 0 Å². The van der Waals surface area contributed by atoms with Crippen molar-refractivity contribution >= 4 is 12.4 Å². The Morgan fingerprint density at radius 3 is 2.42 bits per heavy atom. The minimum Gasteiger partial charge on any atom is -0.380 e. The van der Waals surface area contributed by atoms with Crippen LogP contribution in [-0.4, -0.2) is 24.3 Å². The van der Waals surface area contributed by atoms with Crippen molar-refractivity contribution in [3.05, 3.63) is 0 Å². The predicted octanol–water partition coefficient (Wildman–Crippen LogP) is 0.792. The molecule has 0 spiro atoms. The van der Waals surface area contributed by atoms with Gasteiger partial charge in [-0.2, -0.15) is 0 Å². The maximum atomic E-state index is 9.48. The van der Waals surface area contributed by atoms with E-state index in [2.05, 4.69) is 18.2 Å². The van der Waals surface area contributed by atoms with Crippen LogP contribution in [0.4, 0.5) is 0 Å². The smallest absolute Gasteiger partial charge is 0.119 e. The van der Waals surface area contributed by atoms with E-state index in [1.54, 1.807) is 0 Å². The van der Waals surface area contributed by atoms with Crippen LogP contribution in [0.3, 0.4) is 0 Å². The number of rotatable bonds is 1. The van der Waals surface area contributed by atoms with Crippen molar-refractivity contribution in [3.8, 4) is 12.3 Å². The summed E-state index contributed by atoms with van der Waals surface area (Å²) in [6.45, 7) is 3.99. The van der Waals surface area contributed by atoms with Crippen molar-refractivity contribution in [2.24, 2.45) is 5.41 Å². The van der Waals surface area contributed by atoms with Gasteiger partial charge in [-0.3, -0.25) is 0 Å². The van der Waals surface area contributed by atoms with E-state index in [0.29, 0.717) is 0 Å². The highest BCUT2D eigenvalue weighted by atomic mass is 35.5. The van der Waals surface area contributed by atoms with Gasteiger partial charge in [-0.1, -0.05) is 12.8 Å². The lowest BCUT2D eigenvalue weighted by Crippen LogP contribution is -2.41. The van der Waals surface area contributed by atoms with E-state index in [0.717, 1.165) is 25.9 Å². The molecule has 3 heteroatoms. The van der Waals surface area contributed by atoms with Gasteiger partial charge >= 0.3 is 0 Å². The molecule has 12 heavy (non-hydrogen) atoms. The lowest BCUT2D eigenvalue weighted by atomic mass is 9.76. The number of aliphatic hydroxyl groups excluding tert-OH is 1. The van der Waals surface area contributed by atoms with Crippen LogP contribution >= 0.6 is 12.4 Å². The van der Waals surface area contributed by atoms with Crippen LogP contribution in [0.2, 0.25) is 0 Å². The Kier molecular flexibility index (Phi) is 4.62. The third-order valence-electron chi connectivity index (χ3n) is 2.56. The Morgan fingerprint density at radius 2 is 2.00 bits per heavy atom. The Labute approximate surface area is 80.1 Å². The minimum atomic E-state index is -0.579. The summed E-state index contributed by atoms with van der Waals surface area (Å²) >= 11 is 0. The summed E-state index contributed by atoms with van der Waals surface area (Å²) < 4.78 is 0. The number of aliphatic hydroxyl groups is 1. The standard InChI is InChI=1S/C9H15NO.ClH/c1-3-8(11)9(2)4-6-10-7-5-9;/h1,8,10-11H,4-7H2,2H3;1H/t8-;/m0./s1. The van der Waals surface area contributed by atoms with E-state index in [1.165, 1.54) is 0 Å². The summed E-state index contributed by atoms with van der Waals surface area (Å²) in [6, 6.07) is 0. The average molecular weight is 190 g/mol. The number of halogens is 1. The molecular formula is C9H16ClNO. The van der Waals surface area contributed by atoms with E-state index in [-0.39, 0.29) is 17.8 Å². The Hall–Kier alpha value is -0.230. The first-order chi connectivity index (χ1) is 5.19. The van der Waals surface area contributed by atoms with Crippen molar-refractivity contribution in [2.75, 3.05) is 13.1 Å². The fourth-order valence-electron chi connectivity index (χ4n) is 1.47. The molecule has 1 fully saturated rings. The molecule has 2 N–H and O–H groups in total. The number of piperidine rings is 1. The summed E-state index contributed by atoms with van der Waals surface area (Å²) in [5, 5.41) is 12.7. The van der Waals surface area contributed by atoms with Crippen LogP contribution < -0.4 is 5.32 Å². The molecule has 0 saturated carbocycles. The third-order valence-corrected chi connectivity index (χ3v) is 2.56. The molecule has 1 aliphatic heterocycles. The van der Waals surface area contributed by atoms with Crippen LogP contribution in [-0.2, 0) is 0 Å². The summed E-state index contributed by atoms with van der Waals surface area (Å²) in [5.41, 5.74) is -0.0556. The molecule has 0 unspecified atom stereocenters. The van der Waals surface area contributed by atoms with E-state index in [9.17, 15) is 5.11 Å². The van der Waals surface area contributed by atoms with Crippen LogP contribution in [0.5, 0.6) is 0 Å². The zero-order chi connectivity index (χ0) is 8.32. The van der Waals surface area contributed by atoms with Gasteiger partial charge in [0.1, 0.15) is 6.10 Å². The first-order valence-electron chi connectivity index (χ1n) is 4.04. The number of nitrogens with one attached hydrogen (secondary N) is 1. The molecule has 0 bridgehead atoms. The highest BCUT2D eigenvalue weighted by Gasteiger charge is 2.32. The van der Waals surface area contributed by atoms with E-state index >= 15 is 0 Å². The monoisotopic (exact) mass is 189 g/mol. The highest BCUT2D eigenvalue weighted by Crippen LogP contribution is 2.31. The lowest BCUT2D eigenvalue weighted by molar-refractivity contribution is 0.0565. The van der Waals surface area contributed by atoms with Crippen LogP contribution in [0.1, 0.15) is 19.8 Å². The molecule has 2 nitrogen and oxygen atoms in total. The second-order valence-electron chi connectivity index (χ2n) is 3.47. The molecular weight excluding hydrogens is 174 g/mol. The van der Waals surface area contributed by atoms with Crippen LogP contribution in [0.25, 0.3) is 0 Å². The zero-order valence-electron chi connectivity index (χ0n) is 7.34. The lowest BCUT2D eigenvalue weighted by Gasteiger charge is -2.35. The van der Waals surface area contributed by atoms with Gasteiger partial charge in [0, 0.05) is 5.41 Å². The van der Waals surface area contributed by atoms with Gasteiger partial charge in [-0.25, -0.2) is 0 Å². The maximum Gasteiger partial charge on any atom is 0.119 e. The molecule has 70 valence electrons. The summed E-state index contributed by atoms with van der Waals surface area (Å²) in [6.07, 6.45) is 6.53. The zero-order valence-corrected chi connectivity index (χ0v) is 8.16. The molecule has 0 aliphatic carbocycles. The van der Waals surface area contributed by atoms with Crippen LogP contribution in [0, 0.1) is 17.8 Å². The van der Waals surface area contributed by atoms with E-state index in [1.807, 2.05) is 0 Å². The fraction of sp³-hybridized carbons (Fsp3) is 0.778. The summed E-state index contributed by atoms with van der Waals surface area (Å²) in [5.74, 6) is 2.40. The van der Waals surface area contributed by atoms with Crippen molar-refractivity contribution in [3.63, 3.8) is 0 Å². The normalized spacial score (nSPS) is 23.4. The Morgan fingerprint density at radius 1 is 1.50 bits per heavy atom. The molecule has 1 saturated heterocycles. The molecule has 0 radical (unpaired) electrons. The number of hydrogen-bond donors (Lipinski definition) is 2. The SMILES string of the molecule is C#C[C@H](O)C1(C)CCNCC1.Cl.